The van der Waals surface area contributed by atoms with Gasteiger partial charge in [-0.25, -0.2) is 0 Å². The minimum atomic E-state index is 1.20. The summed E-state index contributed by atoms with van der Waals surface area (Å²) in [4.78, 5) is 0. The molecule has 0 bridgehead atoms. The van der Waals surface area contributed by atoms with Gasteiger partial charge in [0.1, 0.15) is 0 Å². The predicted octanol–water partition coefficient (Wildman–Crippen LogP) is 16.9. The number of fused-ring (bicyclic) bond motifs is 7. The molecule has 0 fully saturated rings. The van der Waals surface area contributed by atoms with Gasteiger partial charge in [0, 0.05) is 0 Å². The summed E-state index contributed by atoms with van der Waals surface area (Å²) in [6.07, 6.45) is 4.60. The molecular formula is C60H38. The quantitative estimate of drug-likeness (QED) is 0.121. The summed E-state index contributed by atoms with van der Waals surface area (Å²) < 4.78 is 0. The molecule has 0 saturated carbocycles. The number of rotatable bonds is 5. The third-order valence-corrected chi connectivity index (χ3v) is 12.7. The summed E-state index contributed by atoms with van der Waals surface area (Å²) in [5.74, 6) is 0. The number of hydrogen-bond donors (Lipinski definition) is 0. The second-order valence-electron chi connectivity index (χ2n) is 15.9. The zero-order valence-corrected chi connectivity index (χ0v) is 32.9. The van der Waals surface area contributed by atoms with Gasteiger partial charge in [0.15, 0.2) is 0 Å². The molecule has 0 aliphatic heterocycles. The Bertz CT molecular complexity index is 3600. The van der Waals surface area contributed by atoms with Gasteiger partial charge in [-0.1, -0.05) is 224 Å². The molecule has 0 spiro atoms. The SMILES string of the molecule is C(=C\c1ccc(-c2c3ccccc3c(-c3c4ccccc4cc4ccccc34)c3ccccc23)c2ccccc12)/c1ccc(-c2cccc3ccccc23)c2ccccc12. The lowest BCUT2D eigenvalue weighted by Gasteiger charge is -2.21. The maximum atomic E-state index is 2.35. The van der Waals surface area contributed by atoms with Gasteiger partial charge in [0.2, 0.25) is 0 Å². The van der Waals surface area contributed by atoms with E-state index in [1.165, 1.54) is 120 Å². The monoisotopic (exact) mass is 758 g/mol. The first-order valence-corrected chi connectivity index (χ1v) is 20.8. The molecule has 0 radical (unpaired) electrons. The van der Waals surface area contributed by atoms with Crippen molar-refractivity contribution in [3.05, 3.63) is 230 Å². The van der Waals surface area contributed by atoms with Crippen molar-refractivity contribution in [3.63, 3.8) is 0 Å². The third-order valence-electron chi connectivity index (χ3n) is 12.7. The van der Waals surface area contributed by atoms with Crippen LogP contribution in [0.2, 0.25) is 0 Å². The molecule has 12 rings (SSSR count). The summed E-state index contributed by atoms with van der Waals surface area (Å²) in [5, 5.41) is 17.6. The molecule has 0 unspecified atom stereocenters. The molecule has 60 heavy (non-hydrogen) atoms. The van der Waals surface area contributed by atoms with Crippen molar-refractivity contribution >= 4 is 87.6 Å². The largest absolute Gasteiger partial charge is 0.0616 e. The molecule has 12 aromatic carbocycles. The Hall–Kier alpha value is -7.80. The van der Waals surface area contributed by atoms with E-state index >= 15 is 0 Å². The van der Waals surface area contributed by atoms with Crippen molar-refractivity contribution in [3.8, 4) is 33.4 Å². The third kappa shape index (κ3) is 5.39. The molecule has 0 heterocycles. The lowest BCUT2D eigenvalue weighted by Crippen LogP contribution is -1.93. The molecule has 0 nitrogen and oxygen atoms in total. The average molecular weight is 759 g/mol. The van der Waals surface area contributed by atoms with Gasteiger partial charge >= 0.3 is 0 Å². The van der Waals surface area contributed by atoms with E-state index in [0.717, 1.165) is 0 Å². The Balaban J connectivity index is 1.04. The number of hydrogen-bond acceptors (Lipinski definition) is 0. The molecule has 278 valence electrons. The van der Waals surface area contributed by atoms with Gasteiger partial charge in [0.25, 0.3) is 0 Å². The average Bonchev–Trinajstić information content (AvgIpc) is 3.32. The second kappa shape index (κ2) is 13.9. The fourth-order valence-electron chi connectivity index (χ4n) is 10.00. The van der Waals surface area contributed by atoms with E-state index in [2.05, 4.69) is 231 Å². The van der Waals surface area contributed by atoms with E-state index in [-0.39, 0.29) is 0 Å². The van der Waals surface area contributed by atoms with Gasteiger partial charge < -0.3 is 0 Å². The molecule has 0 saturated heterocycles. The zero-order chi connectivity index (χ0) is 39.6. The molecule has 0 aliphatic rings. The second-order valence-corrected chi connectivity index (χ2v) is 15.9. The fraction of sp³-hybridized carbons (Fsp3) is 0. The Morgan fingerprint density at radius 2 is 0.550 bits per heavy atom. The van der Waals surface area contributed by atoms with Crippen molar-refractivity contribution in [2.75, 3.05) is 0 Å². The summed E-state index contributed by atoms with van der Waals surface area (Å²) in [7, 11) is 0. The Labute approximate surface area is 348 Å². The zero-order valence-electron chi connectivity index (χ0n) is 32.9. The van der Waals surface area contributed by atoms with Crippen molar-refractivity contribution in [2.24, 2.45) is 0 Å². The van der Waals surface area contributed by atoms with Crippen LogP contribution < -0.4 is 0 Å². The highest BCUT2D eigenvalue weighted by Crippen LogP contribution is 2.49. The van der Waals surface area contributed by atoms with Gasteiger partial charge in [-0.2, -0.15) is 0 Å². The van der Waals surface area contributed by atoms with E-state index in [9.17, 15) is 0 Å². The van der Waals surface area contributed by atoms with Crippen molar-refractivity contribution in [1.82, 2.24) is 0 Å². The minimum absolute atomic E-state index is 1.20. The van der Waals surface area contributed by atoms with Crippen LogP contribution >= 0.6 is 0 Å². The first kappa shape index (κ1) is 34.3. The van der Waals surface area contributed by atoms with Crippen LogP contribution in [0.15, 0.2) is 218 Å². The molecule has 12 aromatic rings. The van der Waals surface area contributed by atoms with Crippen LogP contribution in [-0.2, 0) is 0 Å². The van der Waals surface area contributed by atoms with Crippen molar-refractivity contribution < 1.29 is 0 Å². The standard InChI is InChI=1S/C60H38/c1-4-20-44-39(16-1)19-15-31-50(44)52-36-34-40(45-21-7-9-25-49(45)52)32-33-41-35-37-57(51-26-10-8-22-46(41)51)58-53-27-11-13-29-55(53)60(56-30-14-12-28-54(56)58)59-47-23-5-2-17-42(47)38-43-18-3-6-24-48(43)59/h1-38H/b33-32+. The van der Waals surface area contributed by atoms with E-state index in [4.69, 9.17) is 0 Å². The van der Waals surface area contributed by atoms with E-state index in [1.807, 2.05) is 0 Å². The molecule has 0 heteroatoms. The van der Waals surface area contributed by atoms with E-state index < -0.39 is 0 Å². The van der Waals surface area contributed by atoms with E-state index in [1.54, 1.807) is 0 Å². The summed E-state index contributed by atoms with van der Waals surface area (Å²) in [6.45, 7) is 0. The van der Waals surface area contributed by atoms with Crippen LogP contribution in [0.3, 0.4) is 0 Å². The summed E-state index contributed by atoms with van der Waals surface area (Å²) in [6, 6.07) is 80.4. The normalized spacial score (nSPS) is 11.9. The molecule has 0 aliphatic carbocycles. The maximum absolute atomic E-state index is 2.35. The van der Waals surface area contributed by atoms with Crippen molar-refractivity contribution in [1.29, 1.82) is 0 Å². The maximum Gasteiger partial charge on any atom is -0.00139 e. The minimum Gasteiger partial charge on any atom is -0.0616 e. The molecule has 0 N–H and O–H groups in total. The topological polar surface area (TPSA) is 0 Å². The highest BCUT2D eigenvalue weighted by molar-refractivity contribution is 6.28. The lowest BCUT2D eigenvalue weighted by atomic mass is 9.82. The number of benzene rings is 12. The summed E-state index contributed by atoms with van der Waals surface area (Å²) >= 11 is 0. The van der Waals surface area contributed by atoms with Crippen molar-refractivity contribution in [2.45, 2.75) is 0 Å². The first-order valence-electron chi connectivity index (χ1n) is 20.8. The van der Waals surface area contributed by atoms with Gasteiger partial charge in [-0.3, -0.25) is 0 Å². The Kier molecular flexibility index (Phi) is 7.96. The lowest BCUT2D eigenvalue weighted by molar-refractivity contribution is 1.66. The summed E-state index contributed by atoms with van der Waals surface area (Å²) in [5.41, 5.74) is 10.0. The molecule has 0 amide bonds. The van der Waals surface area contributed by atoms with E-state index in [0.29, 0.717) is 0 Å². The molecule has 0 atom stereocenters. The van der Waals surface area contributed by atoms with Crippen LogP contribution in [0.5, 0.6) is 0 Å². The Morgan fingerprint density at radius 3 is 1.10 bits per heavy atom. The predicted molar refractivity (Wildman–Crippen MR) is 261 cm³/mol. The highest BCUT2D eigenvalue weighted by Gasteiger charge is 2.21. The van der Waals surface area contributed by atoms with Gasteiger partial charge in [0.05, 0.1) is 0 Å². The first-order chi connectivity index (χ1) is 29.8. The van der Waals surface area contributed by atoms with Crippen LogP contribution in [0.1, 0.15) is 11.1 Å². The van der Waals surface area contributed by atoms with Gasteiger partial charge in [-0.15, -0.1) is 0 Å². The van der Waals surface area contributed by atoms with Crippen LogP contribution in [0.25, 0.3) is 121 Å². The molecular weight excluding hydrogens is 721 g/mol. The Morgan fingerprint density at radius 1 is 0.200 bits per heavy atom. The van der Waals surface area contributed by atoms with Crippen LogP contribution in [0, 0.1) is 0 Å². The fourth-order valence-corrected chi connectivity index (χ4v) is 10.00. The van der Waals surface area contributed by atoms with Gasteiger partial charge in [-0.05, 0) is 126 Å². The smallest absolute Gasteiger partial charge is 0.00139 e. The van der Waals surface area contributed by atoms with Crippen LogP contribution in [0.4, 0.5) is 0 Å². The highest BCUT2D eigenvalue weighted by atomic mass is 14.2. The molecule has 0 aromatic heterocycles. The van der Waals surface area contributed by atoms with Crippen LogP contribution in [-0.4, -0.2) is 0 Å².